The number of hydrogen-bond acceptors (Lipinski definition) is 2. The third kappa shape index (κ3) is 8.26. The van der Waals surface area contributed by atoms with Crippen molar-refractivity contribution >= 4 is 0 Å². The van der Waals surface area contributed by atoms with Crippen LogP contribution in [0.5, 0.6) is 0 Å². The smallest absolute Gasteiger partial charge is 0.0490 e. The van der Waals surface area contributed by atoms with Gasteiger partial charge in [-0.05, 0) is 25.2 Å². The van der Waals surface area contributed by atoms with Crippen LogP contribution < -0.4 is 0 Å². The average Bonchev–Trinajstić information content (AvgIpc) is 2.13. The van der Waals surface area contributed by atoms with Gasteiger partial charge in [0.1, 0.15) is 0 Å². The maximum absolute atomic E-state index is 8.61. The Balaban J connectivity index is 3.33. The van der Waals surface area contributed by atoms with E-state index in [1.807, 2.05) is 0 Å². The van der Waals surface area contributed by atoms with E-state index in [9.17, 15) is 0 Å². The first kappa shape index (κ1) is 12.9. The number of aliphatic hydroxyl groups excluding tert-OH is 1. The lowest BCUT2D eigenvalue weighted by atomic mass is 9.97. The molecule has 0 saturated heterocycles. The van der Waals surface area contributed by atoms with E-state index >= 15 is 0 Å². The summed E-state index contributed by atoms with van der Waals surface area (Å²) in [5, 5.41) is 8.61. The monoisotopic (exact) mass is 188 g/mol. The molecule has 2 heteroatoms. The zero-order chi connectivity index (χ0) is 9.94. The van der Waals surface area contributed by atoms with Crippen LogP contribution in [0.2, 0.25) is 0 Å². The number of methoxy groups -OCH3 is 1. The summed E-state index contributed by atoms with van der Waals surface area (Å²) in [4.78, 5) is 0. The molecule has 0 heterocycles. The Bertz CT molecular complexity index is 88.1. The molecule has 0 aromatic rings. The summed E-state index contributed by atoms with van der Waals surface area (Å²) in [6, 6.07) is 0. The van der Waals surface area contributed by atoms with Gasteiger partial charge in [0.05, 0.1) is 0 Å². The summed E-state index contributed by atoms with van der Waals surface area (Å²) < 4.78 is 5.16. The van der Waals surface area contributed by atoms with Gasteiger partial charge in [0, 0.05) is 20.3 Å². The molecule has 0 radical (unpaired) electrons. The van der Waals surface area contributed by atoms with E-state index in [0.717, 1.165) is 25.4 Å². The van der Waals surface area contributed by atoms with E-state index in [1.54, 1.807) is 7.11 Å². The molecule has 0 saturated carbocycles. The van der Waals surface area contributed by atoms with E-state index in [-0.39, 0.29) is 0 Å². The standard InChI is InChI=1S/C11H24O2/c1-3-7-11(10-13-2)8-5-4-6-9-12/h11-12H,3-10H2,1-2H3/t11-/m1/s1. The lowest BCUT2D eigenvalue weighted by Crippen LogP contribution is -2.07. The van der Waals surface area contributed by atoms with E-state index in [0.29, 0.717) is 6.61 Å². The largest absolute Gasteiger partial charge is 0.396 e. The van der Waals surface area contributed by atoms with Crippen LogP contribution in [0.15, 0.2) is 0 Å². The van der Waals surface area contributed by atoms with E-state index < -0.39 is 0 Å². The van der Waals surface area contributed by atoms with E-state index in [2.05, 4.69) is 6.92 Å². The molecule has 0 rings (SSSR count). The number of aliphatic hydroxyl groups is 1. The zero-order valence-corrected chi connectivity index (χ0v) is 9.09. The highest BCUT2D eigenvalue weighted by atomic mass is 16.5. The fourth-order valence-electron chi connectivity index (χ4n) is 1.68. The quantitative estimate of drug-likeness (QED) is 0.564. The summed E-state index contributed by atoms with van der Waals surface area (Å²) in [7, 11) is 1.77. The Morgan fingerprint density at radius 2 is 1.92 bits per heavy atom. The van der Waals surface area contributed by atoms with Gasteiger partial charge < -0.3 is 9.84 Å². The van der Waals surface area contributed by atoms with Crippen LogP contribution in [0, 0.1) is 5.92 Å². The molecule has 0 amide bonds. The lowest BCUT2D eigenvalue weighted by molar-refractivity contribution is 0.140. The average molecular weight is 188 g/mol. The van der Waals surface area contributed by atoms with Gasteiger partial charge in [0.25, 0.3) is 0 Å². The highest BCUT2D eigenvalue weighted by Gasteiger charge is 2.06. The van der Waals surface area contributed by atoms with Crippen LogP contribution in [0.4, 0.5) is 0 Å². The highest BCUT2D eigenvalue weighted by Crippen LogP contribution is 2.15. The van der Waals surface area contributed by atoms with Crippen LogP contribution in [0.1, 0.15) is 45.4 Å². The van der Waals surface area contributed by atoms with Crippen LogP contribution in [0.3, 0.4) is 0 Å². The summed E-state index contributed by atoms with van der Waals surface area (Å²) >= 11 is 0. The molecular weight excluding hydrogens is 164 g/mol. The van der Waals surface area contributed by atoms with Crippen LogP contribution in [-0.4, -0.2) is 25.4 Å². The van der Waals surface area contributed by atoms with Gasteiger partial charge in [-0.3, -0.25) is 0 Å². The predicted molar refractivity (Wildman–Crippen MR) is 55.8 cm³/mol. The molecule has 0 aliphatic carbocycles. The molecule has 1 N–H and O–H groups in total. The van der Waals surface area contributed by atoms with Gasteiger partial charge >= 0.3 is 0 Å². The molecule has 80 valence electrons. The van der Waals surface area contributed by atoms with Crippen LogP contribution in [0.25, 0.3) is 0 Å². The van der Waals surface area contributed by atoms with Crippen molar-refractivity contribution < 1.29 is 9.84 Å². The molecule has 0 aromatic heterocycles. The fraction of sp³-hybridized carbons (Fsp3) is 1.00. The van der Waals surface area contributed by atoms with Crippen molar-refractivity contribution in [3.63, 3.8) is 0 Å². The Hall–Kier alpha value is -0.0800. The summed E-state index contributed by atoms with van der Waals surface area (Å²) in [6.45, 7) is 3.45. The molecule has 0 spiro atoms. The van der Waals surface area contributed by atoms with E-state index in [4.69, 9.17) is 9.84 Å². The maximum Gasteiger partial charge on any atom is 0.0490 e. The summed E-state index contributed by atoms with van der Waals surface area (Å²) in [6.07, 6.45) is 7.10. The zero-order valence-electron chi connectivity index (χ0n) is 9.09. The van der Waals surface area contributed by atoms with Crippen molar-refractivity contribution in [1.82, 2.24) is 0 Å². The summed E-state index contributed by atoms with van der Waals surface area (Å²) in [5.41, 5.74) is 0. The van der Waals surface area contributed by atoms with Gasteiger partial charge in [-0.1, -0.05) is 26.2 Å². The Labute approximate surface area is 82.3 Å². The topological polar surface area (TPSA) is 29.5 Å². The van der Waals surface area contributed by atoms with Crippen LogP contribution in [-0.2, 0) is 4.74 Å². The number of hydrogen-bond donors (Lipinski definition) is 1. The Morgan fingerprint density at radius 1 is 1.15 bits per heavy atom. The normalized spacial score (nSPS) is 13.2. The molecular formula is C11H24O2. The van der Waals surface area contributed by atoms with Crippen molar-refractivity contribution in [3.8, 4) is 0 Å². The number of unbranched alkanes of at least 4 members (excludes halogenated alkanes) is 2. The Morgan fingerprint density at radius 3 is 2.46 bits per heavy atom. The molecule has 0 aliphatic heterocycles. The van der Waals surface area contributed by atoms with Crippen molar-refractivity contribution in [2.45, 2.75) is 45.4 Å². The molecule has 0 aliphatic rings. The summed E-state index contributed by atoms with van der Waals surface area (Å²) in [5.74, 6) is 0.730. The molecule has 0 aromatic carbocycles. The molecule has 0 fully saturated rings. The van der Waals surface area contributed by atoms with Gasteiger partial charge in [0.15, 0.2) is 0 Å². The molecule has 0 bridgehead atoms. The third-order valence-electron chi connectivity index (χ3n) is 2.37. The fourth-order valence-corrected chi connectivity index (χ4v) is 1.68. The van der Waals surface area contributed by atoms with Crippen molar-refractivity contribution in [3.05, 3.63) is 0 Å². The van der Waals surface area contributed by atoms with Crippen molar-refractivity contribution in [2.24, 2.45) is 5.92 Å². The first-order chi connectivity index (χ1) is 6.35. The second-order valence-corrected chi connectivity index (χ2v) is 3.68. The first-order valence-electron chi connectivity index (χ1n) is 5.45. The van der Waals surface area contributed by atoms with Gasteiger partial charge in [0.2, 0.25) is 0 Å². The van der Waals surface area contributed by atoms with Gasteiger partial charge in [-0.25, -0.2) is 0 Å². The van der Waals surface area contributed by atoms with Crippen molar-refractivity contribution in [1.29, 1.82) is 0 Å². The highest BCUT2D eigenvalue weighted by molar-refractivity contribution is 4.58. The lowest BCUT2D eigenvalue weighted by Gasteiger charge is -2.14. The number of ether oxygens (including phenoxy) is 1. The van der Waals surface area contributed by atoms with Crippen molar-refractivity contribution in [2.75, 3.05) is 20.3 Å². The second-order valence-electron chi connectivity index (χ2n) is 3.68. The maximum atomic E-state index is 8.61. The first-order valence-corrected chi connectivity index (χ1v) is 5.45. The van der Waals surface area contributed by atoms with Gasteiger partial charge in [-0.15, -0.1) is 0 Å². The minimum Gasteiger partial charge on any atom is -0.396 e. The molecule has 1 atom stereocenters. The second kappa shape index (κ2) is 10.0. The molecule has 0 unspecified atom stereocenters. The minimum atomic E-state index is 0.336. The molecule has 2 nitrogen and oxygen atoms in total. The van der Waals surface area contributed by atoms with E-state index in [1.165, 1.54) is 25.7 Å². The molecule has 13 heavy (non-hydrogen) atoms. The number of rotatable bonds is 9. The third-order valence-corrected chi connectivity index (χ3v) is 2.37. The van der Waals surface area contributed by atoms with Crippen LogP contribution >= 0.6 is 0 Å². The predicted octanol–water partition coefficient (Wildman–Crippen LogP) is 2.60. The van der Waals surface area contributed by atoms with Gasteiger partial charge in [-0.2, -0.15) is 0 Å². The Kier molecular flexibility index (Phi) is 9.94. The SMILES string of the molecule is CCC[C@H](CCCCCO)COC. The minimum absolute atomic E-state index is 0.336.